The van der Waals surface area contributed by atoms with Crippen molar-refractivity contribution in [1.29, 1.82) is 0 Å². The Morgan fingerprint density at radius 2 is 1.78 bits per heavy atom. The number of anilines is 1. The summed E-state index contributed by atoms with van der Waals surface area (Å²) in [7, 11) is 0. The highest BCUT2D eigenvalue weighted by molar-refractivity contribution is 5.90. The second-order valence-corrected chi connectivity index (χ2v) is 8.96. The van der Waals surface area contributed by atoms with Crippen molar-refractivity contribution in [3.63, 3.8) is 0 Å². The van der Waals surface area contributed by atoms with Crippen molar-refractivity contribution in [2.45, 2.75) is 26.1 Å². The largest absolute Gasteiger partial charge is 0.416 e. The van der Waals surface area contributed by atoms with Crippen LogP contribution in [0.5, 0.6) is 0 Å². The fourth-order valence-electron chi connectivity index (χ4n) is 4.49. The van der Waals surface area contributed by atoms with E-state index in [0.29, 0.717) is 42.9 Å². The van der Waals surface area contributed by atoms with Crippen molar-refractivity contribution in [1.82, 2.24) is 19.4 Å². The number of carbonyl (C=O) groups is 1. The number of alkyl halides is 3. The first-order chi connectivity index (χ1) is 17.2. The van der Waals surface area contributed by atoms with Gasteiger partial charge in [-0.3, -0.25) is 14.2 Å². The Balaban J connectivity index is 1.23. The first-order valence-electron chi connectivity index (χ1n) is 11.7. The van der Waals surface area contributed by atoms with Crippen LogP contribution in [0.25, 0.3) is 21.9 Å². The number of benzene rings is 2. The number of pyridine rings is 1. The number of carbonyl (C=O) groups excluding carboxylic acids is 1. The van der Waals surface area contributed by atoms with Crippen molar-refractivity contribution >= 4 is 33.5 Å². The smallest absolute Gasteiger partial charge is 0.368 e. The minimum atomic E-state index is -4.40. The van der Waals surface area contributed by atoms with Gasteiger partial charge in [0.05, 0.1) is 22.9 Å². The molecule has 1 aliphatic heterocycles. The highest BCUT2D eigenvalue weighted by atomic mass is 19.4. The maximum Gasteiger partial charge on any atom is 0.416 e. The van der Waals surface area contributed by atoms with E-state index in [4.69, 9.17) is 0 Å². The predicted molar refractivity (Wildman–Crippen MR) is 131 cm³/mol. The van der Waals surface area contributed by atoms with E-state index in [0.717, 1.165) is 23.1 Å². The van der Waals surface area contributed by atoms with Gasteiger partial charge in [0, 0.05) is 50.2 Å². The monoisotopic (exact) mass is 495 g/mol. The van der Waals surface area contributed by atoms with Gasteiger partial charge >= 0.3 is 6.18 Å². The molecule has 5 rings (SSSR count). The second-order valence-electron chi connectivity index (χ2n) is 8.96. The molecule has 0 spiro atoms. The van der Waals surface area contributed by atoms with Crippen LogP contribution >= 0.6 is 0 Å². The van der Waals surface area contributed by atoms with E-state index in [9.17, 15) is 22.8 Å². The Bertz CT molecular complexity index is 1510. The van der Waals surface area contributed by atoms with E-state index in [1.54, 1.807) is 11.0 Å². The summed E-state index contributed by atoms with van der Waals surface area (Å²) in [6.07, 6.45) is -2.85. The van der Waals surface area contributed by atoms with Crippen molar-refractivity contribution in [3.8, 4) is 0 Å². The lowest BCUT2D eigenvalue weighted by Crippen LogP contribution is -2.49. The molecule has 186 valence electrons. The Kier molecular flexibility index (Phi) is 6.11. The minimum absolute atomic E-state index is 0.115. The van der Waals surface area contributed by atoms with Crippen molar-refractivity contribution in [3.05, 3.63) is 76.3 Å². The molecule has 0 atom stereocenters. The SMILES string of the molecule is Cc1ccc2nc3c(=O)n(CCC(=O)N4CCN(c5cccc(C(F)(F)F)c5)CC4)cnc3cc2c1. The van der Waals surface area contributed by atoms with E-state index in [1.807, 2.05) is 36.1 Å². The summed E-state index contributed by atoms with van der Waals surface area (Å²) in [5.41, 5.74) is 2.06. The molecule has 1 amide bonds. The third kappa shape index (κ3) is 4.75. The van der Waals surface area contributed by atoms with Crippen molar-refractivity contribution in [2.24, 2.45) is 0 Å². The van der Waals surface area contributed by atoms with Gasteiger partial charge in [0.25, 0.3) is 5.56 Å². The van der Waals surface area contributed by atoms with E-state index in [-0.39, 0.29) is 29.9 Å². The molecule has 1 aliphatic rings. The molecule has 0 bridgehead atoms. The zero-order chi connectivity index (χ0) is 25.4. The van der Waals surface area contributed by atoms with Crippen LogP contribution in [0.3, 0.4) is 0 Å². The average molecular weight is 496 g/mol. The first kappa shape index (κ1) is 23.8. The number of hydrogen-bond acceptors (Lipinski definition) is 5. The third-order valence-electron chi connectivity index (χ3n) is 6.49. The molecule has 0 unspecified atom stereocenters. The number of aromatic nitrogens is 3. The van der Waals surface area contributed by atoms with E-state index in [1.165, 1.54) is 17.0 Å². The molecular formula is C26H24F3N5O2. The van der Waals surface area contributed by atoms with Gasteiger partial charge in [0.2, 0.25) is 5.91 Å². The molecule has 1 saturated heterocycles. The summed E-state index contributed by atoms with van der Waals surface area (Å²) in [5, 5.41) is 0.909. The van der Waals surface area contributed by atoms with Crippen LogP contribution < -0.4 is 10.5 Å². The fourth-order valence-corrected chi connectivity index (χ4v) is 4.49. The zero-order valence-electron chi connectivity index (χ0n) is 19.6. The van der Waals surface area contributed by atoms with Gasteiger partial charge in [-0.25, -0.2) is 9.97 Å². The van der Waals surface area contributed by atoms with Gasteiger partial charge in [-0.15, -0.1) is 0 Å². The van der Waals surface area contributed by atoms with Crippen LogP contribution in [-0.4, -0.2) is 51.5 Å². The standard InChI is InChI=1S/C26H24F3N5O2/c1-17-5-6-21-18(13-17)14-22-24(31-21)25(36)34(16-30-22)8-7-23(35)33-11-9-32(10-12-33)20-4-2-3-19(15-20)26(27,28)29/h2-6,13-16H,7-12H2,1H3. The normalized spacial score (nSPS) is 14.6. The van der Waals surface area contributed by atoms with Gasteiger partial charge in [-0.05, 0) is 43.3 Å². The van der Waals surface area contributed by atoms with Gasteiger partial charge < -0.3 is 9.80 Å². The Labute approximate surface area is 204 Å². The van der Waals surface area contributed by atoms with Crippen LogP contribution in [0.1, 0.15) is 17.5 Å². The van der Waals surface area contributed by atoms with Gasteiger partial charge in [-0.1, -0.05) is 17.7 Å². The van der Waals surface area contributed by atoms with Crippen LogP contribution in [-0.2, 0) is 17.5 Å². The summed E-state index contributed by atoms with van der Waals surface area (Å²) in [6.45, 7) is 3.81. The molecule has 0 radical (unpaired) electrons. The number of hydrogen-bond donors (Lipinski definition) is 0. The number of halogens is 3. The topological polar surface area (TPSA) is 71.3 Å². The Morgan fingerprint density at radius 1 is 1.00 bits per heavy atom. The lowest BCUT2D eigenvalue weighted by atomic mass is 10.1. The molecule has 2 aromatic heterocycles. The number of amides is 1. The molecule has 0 aliphatic carbocycles. The summed E-state index contributed by atoms with van der Waals surface area (Å²) >= 11 is 0. The number of rotatable bonds is 4. The quantitative estimate of drug-likeness (QED) is 0.400. The van der Waals surface area contributed by atoms with Crippen LogP contribution in [0, 0.1) is 6.92 Å². The molecular weight excluding hydrogens is 471 g/mol. The maximum absolute atomic E-state index is 13.0. The summed E-state index contributed by atoms with van der Waals surface area (Å²) < 4.78 is 40.5. The molecule has 36 heavy (non-hydrogen) atoms. The number of aryl methyl sites for hydroxylation is 2. The van der Waals surface area contributed by atoms with Crippen molar-refractivity contribution in [2.75, 3.05) is 31.1 Å². The predicted octanol–water partition coefficient (Wildman–Crippen LogP) is 4.01. The molecule has 1 fully saturated rings. The molecule has 2 aromatic carbocycles. The summed E-state index contributed by atoms with van der Waals surface area (Å²) in [5.74, 6) is -0.118. The highest BCUT2D eigenvalue weighted by Crippen LogP contribution is 2.32. The Hall–Kier alpha value is -3.95. The van der Waals surface area contributed by atoms with Gasteiger partial charge in [0.1, 0.15) is 0 Å². The van der Waals surface area contributed by atoms with Crippen molar-refractivity contribution < 1.29 is 18.0 Å². The summed E-state index contributed by atoms with van der Waals surface area (Å²) in [6, 6.07) is 12.8. The number of piperazine rings is 1. The minimum Gasteiger partial charge on any atom is -0.368 e. The lowest BCUT2D eigenvalue weighted by molar-refractivity contribution is -0.137. The maximum atomic E-state index is 13.0. The first-order valence-corrected chi connectivity index (χ1v) is 11.7. The van der Waals surface area contributed by atoms with Crippen LogP contribution in [0.15, 0.2) is 59.7 Å². The number of fused-ring (bicyclic) bond motifs is 2. The average Bonchev–Trinajstić information content (AvgIpc) is 2.87. The van der Waals surface area contributed by atoms with Crippen LogP contribution in [0.2, 0.25) is 0 Å². The second kappa shape index (κ2) is 9.25. The molecule has 4 aromatic rings. The zero-order valence-corrected chi connectivity index (χ0v) is 19.6. The lowest BCUT2D eigenvalue weighted by Gasteiger charge is -2.36. The summed E-state index contributed by atoms with van der Waals surface area (Å²) in [4.78, 5) is 38.1. The molecule has 3 heterocycles. The molecule has 7 nitrogen and oxygen atoms in total. The third-order valence-corrected chi connectivity index (χ3v) is 6.49. The van der Waals surface area contributed by atoms with Gasteiger partial charge in [0.15, 0.2) is 5.52 Å². The molecule has 0 saturated carbocycles. The van der Waals surface area contributed by atoms with Gasteiger partial charge in [-0.2, -0.15) is 13.2 Å². The van der Waals surface area contributed by atoms with E-state index < -0.39 is 11.7 Å². The number of nitrogens with zero attached hydrogens (tertiary/aromatic N) is 5. The molecule has 10 heteroatoms. The fraction of sp³-hybridized carbons (Fsp3) is 0.308. The van der Waals surface area contributed by atoms with Crippen LogP contribution in [0.4, 0.5) is 18.9 Å². The van der Waals surface area contributed by atoms with E-state index in [2.05, 4.69) is 9.97 Å². The highest BCUT2D eigenvalue weighted by Gasteiger charge is 2.31. The van der Waals surface area contributed by atoms with E-state index >= 15 is 0 Å². The Morgan fingerprint density at radius 3 is 2.53 bits per heavy atom. The molecule has 0 N–H and O–H groups in total.